The number of benzene rings is 1. The lowest BCUT2D eigenvalue weighted by molar-refractivity contribution is -0.0729. The molecule has 3 nitrogen and oxygen atoms in total. The van der Waals surface area contributed by atoms with Crippen LogP contribution in [-0.4, -0.2) is 24.1 Å². The van der Waals surface area contributed by atoms with Crippen LogP contribution in [0.25, 0.3) is 5.57 Å². The number of alkyl halides is 3. The molecule has 1 atom stereocenters. The standard InChI is InChI=1S/C13H14F3NO2/c1-3-17-10-6-11-8(4-7(10)2)9(13(14,15)16)5-12(18)19-11/h4-6,12,17-18H,3H2,1-2H3. The Morgan fingerprint density at radius 3 is 2.63 bits per heavy atom. The zero-order valence-electron chi connectivity index (χ0n) is 10.5. The summed E-state index contributed by atoms with van der Waals surface area (Å²) in [6.07, 6.45) is -5.43. The minimum atomic E-state index is -4.52. The van der Waals surface area contributed by atoms with Crippen LogP contribution in [0, 0.1) is 6.92 Å². The van der Waals surface area contributed by atoms with Gasteiger partial charge in [0, 0.05) is 23.9 Å². The van der Waals surface area contributed by atoms with Crippen LogP contribution in [0.2, 0.25) is 0 Å². The SMILES string of the molecule is CCNc1cc2c(cc1C)C(C(F)(F)F)=CC(O)O2. The van der Waals surface area contributed by atoms with Gasteiger partial charge in [0.1, 0.15) is 5.75 Å². The largest absolute Gasteiger partial charge is 0.461 e. The van der Waals surface area contributed by atoms with Crippen molar-refractivity contribution in [2.75, 3.05) is 11.9 Å². The van der Waals surface area contributed by atoms with E-state index >= 15 is 0 Å². The summed E-state index contributed by atoms with van der Waals surface area (Å²) in [6, 6.07) is 2.90. The first kappa shape index (κ1) is 13.7. The molecule has 1 aromatic rings. The third-order valence-electron chi connectivity index (χ3n) is 2.85. The highest BCUT2D eigenvalue weighted by molar-refractivity contribution is 5.78. The minimum absolute atomic E-state index is 0.0314. The molecule has 1 aliphatic rings. The third kappa shape index (κ3) is 2.68. The van der Waals surface area contributed by atoms with Crippen molar-refractivity contribution in [2.24, 2.45) is 0 Å². The van der Waals surface area contributed by atoms with Gasteiger partial charge in [-0.15, -0.1) is 0 Å². The third-order valence-corrected chi connectivity index (χ3v) is 2.85. The van der Waals surface area contributed by atoms with Gasteiger partial charge in [-0.3, -0.25) is 0 Å². The summed E-state index contributed by atoms with van der Waals surface area (Å²) in [6.45, 7) is 4.25. The van der Waals surface area contributed by atoms with Crippen molar-refractivity contribution in [3.05, 3.63) is 29.3 Å². The van der Waals surface area contributed by atoms with Crippen LogP contribution in [0.5, 0.6) is 5.75 Å². The number of hydrogen-bond donors (Lipinski definition) is 2. The van der Waals surface area contributed by atoms with Gasteiger partial charge in [0.05, 0.1) is 5.57 Å². The molecule has 2 rings (SSSR count). The Bertz CT molecular complexity index is 523. The zero-order chi connectivity index (χ0) is 14.2. The molecule has 0 aliphatic carbocycles. The smallest absolute Gasteiger partial charge is 0.417 e. The second-order valence-electron chi connectivity index (χ2n) is 4.28. The Morgan fingerprint density at radius 1 is 1.37 bits per heavy atom. The summed E-state index contributed by atoms with van der Waals surface area (Å²) in [5, 5.41) is 12.4. The summed E-state index contributed by atoms with van der Waals surface area (Å²) in [5.41, 5.74) is 0.469. The molecule has 1 heterocycles. The van der Waals surface area contributed by atoms with E-state index in [-0.39, 0.29) is 11.3 Å². The normalized spacial score (nSPS) is 18.4. The van der Waals surface area contributed by atoms with Gasteiger partial charge in [0.25, 0.3) is 0 Å². The molecule has 1 unspecified atom stereocenters. The molecule has 104 valence electrons. The van der Waals surface area contributed by atoms with Crippen LogP contribution in [-0.2, 0) is 0 Å². The Labute approximate surface area is 108 Å². The number of ether oxygens (including phenoxy) is 1. The van der Waals surface area contributed by atoms with E-state index in [9.17, 15) is 18.3 Å². The lowest BCUT2D eigenvalue weighted by Crippen LogP contribution is -2.23. The van der Waals surface area contributed by atoms with Gasteiger partial charge < -0.3 is 15.2 Å². The molecule has 0 saturated heterocycles. The number of aryl methyl sites for hydroxylation is 1. The quantitative estimate of drug-likeness (QED) is 0.870. The van der Waals surface area contributed by atoms with E-state index < -0.39 is 18.0 Å². The molecular formula is C13H14F3NO2. The first-order chi connectivity index (χ1) is 8.82. The molecule has 2 N–H and O–H groups in total. The fourth-order valence-corrected chi connectivity index (χ4v) is 2.02. The number of rotatable bonds is 2. The maximum absolute atomic E-state index is 12.9. The second-order valence-corrected chi connectivity index (χ2v) is 4.28. The van der Waals surface area contributed by atoms with E-state index in [0.717, 1.165) is 0 Å². The lowest BCUT2D eigenvalue weighted by Gasteiger charge is -2.25. The fourth-order valence-electron chi connectivity index (χ4n) is 2.02. The lowest BCUT2D eigenvalue weighted by atomic mass is 9.98. The molecule has 0 saturated carbocycles. The van der Waals surface area contributed by atoms with Crippen molar-refractivity contribution in [3.8, 4) is 5.75 Å². The Kier molecular flexibility index (Phi) is 3.45. The van der Waals surface area contributed by atoms with Crippen LogP contribution < -0.4 is 10.1 Å². The molecule has 1 aliphatic heterocycles. The van der Waals surface area contributed by atoms with Gasteiger partial charge in [-0.25, -0.2) is 0 Å². The number of fused-ring (bicyclic) bond motifs is 1. The fraction of sp³-hybridized carbons (Fsp3) is 0.385. The molecule has 0 radical (unpaired) electrons. The van der Waals surface area contributed by atoms with Crippen molar-refractivity contribution in [1.29, 1.82) is 0 Å². The molecule has 0 amide bonds. The molecule has 0 spiro atoms. The number of aliphatic hydroxyl groups excluding tert-OH is 1. The molecule has 1 aromatic carbocycles. The van der Waals surface area contributed by atoms with Crippen LogP contribution in [0.4, 0.5) is 18.9 Å². The average molecular weight is 273 g/mol. The topological polar surface area (TPSA) is 41.5 Å². The van der Waals surface area contributed by atoms with Crippen molar-refractivity contribution in [3.63, 3.8) is 0 Å². The Hall–Kier alpha value is -1.69. The van der Waals surface area contributed by atoms with E-state index in [1.165, 1.54) is 12.1 Å². The number of aliphatic hydroxyl groups is 1. The van der Waals surface area contributed by atoms with E-state index in [2.05, 4.69) is 5.32 Å². The van der Waals surface area contributed by atoms with Gasteiger partial charge in [-0.2, -0.15) is 13.2 Å². The Morgan fingerprint density at radius 2 is 2.05 bits per heavy atom. The number of halogens is 3. The van der Waals surface area contributed by atoms with Crippen LogP contribution >= 0.6 is 0 Å². The monoisotopic (exact) mass is 273 g/mol. The van der Waals surface area contributed by atoms with Crippen LogP contribution in [0.15, 0.2) is 18.2 Å². The second kappa shape index (κ2) is 4.77. The first-order valence-electron chi connectivity index (χ1n) is 5.85. The highest BCUT2D eigenvalue weighted by atomic mass is 19.4. The Balaban J connectivity index is 2.54. The van der Waals surface area contributed by atoms with Gasteiger partial charge in [-0.1, -0.05) is 0 Å². The van der Waals surface area contributed by atoms with E-state index in [1.54, 1.807) is 6.92 Å². The highest BCUT2D eigenvalue weighted by Gasteiger charge is 2.39. The predicted molar refractivity (Wildman–Crippen MR) is 66.0 cm³/mol. The maximum Gasteiger partial charge on any atom is 0.417 e. The van der Waals surface area contributed by atoms with Crippen molar-refractivity contribution < 1.29 is 23.0 Å². The number of nitrogens with one attached hydrogen (secondary N) is 1. The van der Waals surface area contributed by atoms with Gasteiger partial charge in [0.2, 0.25) is 6.29 Å². The van der Waals surface area contributed by atoms with E-state index in [4.69, 9.17) is 4.74 Å². The molecule has 19 heavy (non-hydrogen) atoms. The van der Waals surface area contributed by atoms with Gasteiger partial charge in [-0.05, 0) is 31.6 Å². The summed E-state index contributed by atoms with van der Waals surface area (Å²) >= 11 is 0. The van der Waals surface area contributed by atoms with Crippen molar-refractivity contribution in [2.45, 2.75) is 26.3 Å². The van der Waals surface area contributed by atoms with Crippen LogP contribution in [0.1, 0.15) is 18.1 Å². The van der Waals surface area contributed by atoms with Crippen LogP contribution in [0.3, 0.4) is 0 Å². The predicted octanol–water partition coefficient (Wildman–Crippen LogP) is 3.08. The summed E-state index contributed by atoms with van der Waals surface area (Å²) < 4.78 is 43.8. The number of allylic oxidation sites excluding steroid dienone is 1. The number of hydrogen-bond acceptors (Lipinski definition) is 3. The average Bonchev–Trinajstić information content (AvgIpc) is 2.29. The molecule has 0 aromatic heterocycles. The number of anilines is 1. The molecule has 6 heteroatoms. The summed E-state index contributed by atoms with van der Waals surface area (Å²) in [7, 11) is 0. The zero-order valence-corrected chi connectivity index (χ0v) is 10.5. The van der Waals surface area contributed by atoms with Crippen molar-refractivity contribution in [1.82, 2.24) is 0 Å². The summed E-state index contributed by atoms with van der Waals surface area (Å²) in [4.78, 5) is 0. The minimum Gasteiger partial charge on any atom is -0.461 e. The first-order valence-corrected chi connectivity index (χ1v) is 5.85. The molecule has 0 bridgehead atoms. The van der Waals surface area contributed by atoms with E-state index in [1.807, 2.05) is 6.92 Å². The maximum atomic E-state index is 12.9. The van der Waals surface area contributed by atoms with Crippen molar-refractivity contribution >= 4 is 11.3 Å². The molecular weight excluding hydrogens is 259 g/mol. The summed E-state index contributed by atoms with van der Waals surface area (Å²) in [5.74, 6) is 0.0314. The molecule has 0 fully saturated rings. The van der Waals surface area contributed by atoms with Gasteiger partial charge in [0.15, 0.2) is 0 Å². The van der Waals surface area contributed by atoms with Gasteiger partial charge >= 0.3 is 6.18 Å². The highest BCUT2D eigenvalue weighted by Crippen LogP contribution is 2.43. The van der Waals surface area contributed by atoms with E-state index in [0.29, 0.717) is 23.9 Å².